The van der Waals surface area contributed by atoms with Crippen LogP contribution in [0.2, 0.25) is 0 Å². The van der Waals surface area contributed by atoms with Crippen molar-refractivity contribution < 1.29 is 4.48 Å². The Morgan fingerprint density at radius 1 is 1.25 bits per heavy atom. The second kappa shape index (κ2) is 2.88. The number of nitrogens with zero attached hydrogens (tertiary/aromatic N) is 1. The van der Waals surface area contributed by atoms with Crippen LogP contribution in [0.5, 0.6) is 0 Å². The molecule has 0 aromatic heterocycles. The van der Waals surface area contributed by atoms with Crippen molar-refractivity contribution in [2.24, 2.45) is 0 Å². The fourth-order valence-electron chi connectivity index (χ4n) is 0.422. The highest BCUT2D eigenvalue weighted by Crippen LogP contribution is 1.91. The van der Waals surface area contributed by atoms with E-state index in [2.05, 4.69) is 40.3 Å². The molecule has 0 rings (SSSR count). The molecule has 48 valence electrons. The monoisotopic (exact) mass is 114 g/mol. The Bertz CT molecular complexity index is 76.9. The predicted molar refractivity (Wildman–Crippen MR) is 37.5 cm³/mol. The average Bonchev–Trinajstić information content (AvgIpc) is 1.59. The Hall–Kier alpha value is -0.300. The van der Waals surface area contributed by atoms with E-state index in [1.54, 1.807) is 0 Å². The average molecular weight is 114 g/mol. The molecule has 1 heteroatoms. The third-order valence-corrected chi connectivity index (χ3v) is 0.788. The first-order chi connectivity index (χ1) is 3.56. The molecule has 0 N–H and O–H groups in total. The highest BCUT2D eigenvalue weighted by Gasteiger charge is 1.96. The summed E-state index contributed by atoms with van der Waals surface area (Å²) in [6.07, 6.45) is 5.50. The smallest absolute Gasteiger partial charge is 0.0911 e. The number of quaternary nitrogens is 1. The highest BCUT2D eigenvalue weighted by atomic mass is 15.3. The first kappa shape index (κ1) is 7.70. The molecule has 0 aliphatic carbocycles. The molecule has 0 unspecified atom stereocenters. The first-order valence-corrected chi connectivity index (χ1v) is 3.05. The molecule has 8 heavy (non-hydrogen) atoms. The quantitative estimate of drug-likeness (QED) is 0.478. The van der Waals surface area contributed by atoms with Gasteiger partial charge in [-0.1, -0.05) is 6.92 Å². The van der Waals surface area contributed by atoms with Gasteiger partial charge in [0.25, 0.3) is 0 Å². The molecular weight excluding hydrogens is 98.1 g/mol. The fourth-order valence-corrected chi connectivity index (χ4v) is 0.422. The molecule has 0 aromatic rings. The molecule has 0 saturated heterocycles. The number of hydrogen-bond donors (Lipinski definition) is 0. The second-order valence-electron chi connectivity index (χ2n) is 2.91. The van der Waals surface area contributed by atoms with Gasteiger partial charge in [0.15, 0.2) is 0 Å². The molecule has 0 aromatic carbocycles. The minimum atomic E-state index is 0.924. The van der Waals surface area contributed by atoms with Crippen LogP contribution < -0.4 is 0 Å². The summed E-state index contributed by atoms with van der Waals surface area (Å²) in [4.78, 5) is 0. The highest BCUT2D eigenvalue weighted by molar-refractivity contribution is 4.69. The lowest BCUT2D eigenvalue weighted by Crippen LogP contribution is -2.26. The zero-order valence-electron chi connectivity index (χ0n) is 6.31. The molecule has 1 nitrogen and oxygen atoms in total. The molecule has 0 radical (unpaired) electrons. The maximum absolute atomic E-state index is 2.18. The lowest BCUT2D eigenvalue weighted by molar-refractivity contribution is -0.817. The molecule has 0 atom stereocenters. The van der Waals surface area contributed by atoms with Crippen molar-refractivity contribution in [3.8, 4) is 0 Å². The van der Waals surface area contributed by atoms with Crippen LogP contribution in [-0.2, 0) is 0 Å². The number of hydrogen-bond acceptors (Lipinski definition) is 0. The number of rotatable bonds is 2. The van der Waals surface area contributed by atoms with Gasteiger partial charge in [-0.3, -0.25) is 0 Å². The molecule has 0 fully saturated rings. The van der Waals surface area contributed by atoms with Crippen molar-refractivity contribution in [3.05, 3.63) is 12.3 Å². The zero-order valence-corrected chi connectivity index (χ0v) is 6.31. The van der Waals surface area contributed by atoms with Crippen LogP contribution in [0.4, 0.5) is 0 Å². The lowest BCUT2D eigenvalue weighted by Gasteiger charge is -2.16. The summed E-state index contributed by atoms with van der Waals surface area (Å²) in [6, 6.07) is 0. The summed E-state index contributed by atoms with van der Waals surface area (Å²) in [7, 11) is 6.44. The second-order valence-corrected chi connectivity index (χ2v) is 2.91. The maximum Gasteiger partial charge on any atom is 0.0911 e. The van der Waals surface area contributed by atoms with Gasteiger partial charge in [0.05, 0.1) is 27.3 Å². The molecule has 0 heterocycles. The van der Waals surface area contributed by atoms with Crippen LogP contribution in [0.1, 0.15) is 13.3 Å². The van der Waals surface area contributed by atoms with E-state index >= 15 is 0 Å². The lowest BCUT2D eigenvalue weighted by atomic mass is 10.4. The SMILES string of the molecule is CC/C=C/[N+](C)(C)C. The van der Waals surface area contributed by atoms with Gasteiger partial charge in [-0.05, 0) is 12.5 Å². The summed E-state index contributed by atoms with van der Waals surface area (Å²) in [5.74, 6) is 0. The molecule has 0 aliphatic heterocycles. The summed E-state index contributed by atoms with van der Waals surface area (Å²) in [5, 5.41) is 0. The summed E-state index contributed by atoms with van der Waals surface area (Å²) in [6.45, 7) is 2.14. The molecule has 0 saturated carbocycles. The molecular formula is C7H16N+. The van der Waals surface area contributed by atoms with Gasteiger partial charge in [-0.15, -0.1) is 0 Å². The van der Waals surface area contributed by atoms with Crippen LogP contribution >= 0.6 is 0 Å². The van der Waals surface area contributed by atoms with E-state index in [0.717, 1.165) is 10.9 Å². The Balaban J connectivity index is 3.52. The third-order valence-electron chi connectivity index (χ3n) is 0.788. The van der Waals surface area contributed by atoms with Crippen LogP contribution in [0.3, 0.4) is 0 Å². The van der Waals surface area contributed by atoms with Crippen LogP contribution in [0, 0.1) is 0 Å². The van der Waals surface area contributed by atoms with Crippen molar-refractivity contribution in [1.29, 1.82) is 0 Å². The van der Waals surface area contributed by atoms with E-state index in [4.69, 9.17) is 0 Å². The van der Waals surface area contributed by atoms with Gasteiger partial charge in [0.1, 0.15) is 0 Å². The predicted octanol–water partition coefficient (Wildman–Crippen LogP) is 1.62. The van der Waals surface area contributed by atoms with Gasteiger partial charge in [-0.2, -0.15) is 0 Å². The van der Waals surface area contributed by atoms with Crippen molar-refractivity contribution in [2.75, 3.05) is 21.1 Å². The van der Waals surface area contributed by atoms with E-state index in [0.29, 0.717) is 0 Å². The molecule has 0 bridgehead atoms. The largest absolute Gasteiger partial charge is 0.305 e. The van der Waals surface area contributed by atoms with Crippen molar-refractivity contribution in [2.45, 2.75) is 13.3 Å². The van der Waals surface area contributed by atoms with Crippen molar-refractivity contribution in [1.82, 2.24) is 0 Å². The van der Waals surface area contributed by atoms with E-state index in [-0.39, 0.29) is 0 Å². The molecule has 0 amide bonds. The standard InChI is InChI=1S/C7H16N/c1-5-6-7-8(2,3)4/h6-7H,5H2,1-4H3/q+1/b7-6+. The van der Waals surface area contributed by atoms with E-state index in [1.807, 2.05) is 0 Å². The Morgan fingerprint density at radius 3 is 1.88 bits per heavy atom. The fraction of sp³-hybridized carbons (Fsp3) is 0.714. The third kappa shape index (κ3) is 5.70. The van der Waals surface area contributed by atoms with E-state index in [1.165, 1.54) is 0 Å². The maximum atomic E-state index is 2.18. The van der Waals surface area contributed by atoms with Gasteiger partial charge >= 0.3 is 0 Å². The minimum Gasteiger partial charge on any atom is -0.305 e. The molecule has 0 spiro atoms. The summed E-state index contributed by atoms with van der Waals surface area (Å²) in [5.41, 5.74) is 0. The van der Waals surface area contributed by atoms with Gasteiger partial charge in [0.2, 0.25) is 0 Å². The van der Waals surface area contributed by atoms with Crippen LogP contribution in [0.25, 0.3) is 0 Å². The normalized spacial score (nSPS) is 13.0. The summed E-state index contributed by atoms with van der Waals surface area (Å²) < 4.78 is 0.924. The Kier molecular flexibility index (Phi) is 2.77. The van der Waals surface area contributed by atoms with Crippen LogP contribution in [-0.4, -0.2) is 25.6 Å². The van der Waals surface area contributed by atoms with Crippen molar-refractivity contribution in [3.63, 3.8) is 0 Å². The van der Waals surface area contributed by atoms with E-state index < -0.39 is 0 Å². The zero-order chi connectivity index (χ0) is 6.62. The topological polar surface area (TPSA) is 0 Å². The van der Waals surface area contributed by atoms with E-state index in [9.17, 15) is 0 Å². The molecule has 0 aliphatic rings. The van der Waals surface area contributed by atoms with Gasteiger partial charge < -0.3 is 4.48 Å². The Morgan fingerprint density at radius 2 is 1.75 bits per heavy atom. The van der Waals surface area contributed by atoms with Crippen molar-refractivity contribution >= 4 is 0 Å². The first-order valence-electron chi connectivity index (χ1n) is 3.05. The van der Waals surface area contributed by atoms with Crippen LogP contribution in [0.15, 0.2) is 12.3 Å². The van der Waals surface area contributed by atoms with Gasteiger partial charge in [-0.25, -0.2) is 0 Å². The number of allylic oxidation sites excluding steroid dienone is 1. The minimum absolute atomic E-state index is 0.924. The summed E-state index contributed by atoms with van der Waals surface area (Å²) >= 11 is 0. The van der Waals surface area contributed by atoms with Gasteiger partial charge in [0, 0.05) is 0 Å². The Labute approximate surface area is 52.2 Å².